The van der Waals surface area contributed by atoms with Crippen LogP contribution < -0.4 is 29.6 Å². The molecule has 0 aliphatic rings. The molecule has 0 rings (SSSR count). The Morgan fingerprint density at radius 2 is 2.00 bits per heavy atom. The smallest absolute Gasteiger partial charge is 1.00 e. The number of rotatable bonds is 2. The molecule has 54 valence electrons. The van der Waals surface area contributed by atoms with Gasteiger partial charge in [0.1, 0.15) is 12.5 Å². The van der Waals surface area contributed by atoms with E-state index in [1.54, 1.807) is 0 Å². The molecule has 1 N–H and O–H groups in total. The summed E-state index contributed by atoms with van der Waals surface area (Å²) < 4.78 is 3.89. The topological polar surface area (TPSA) is 63.6 Å². The molecule has 10 heavy (non-hydrogen) atoms. The van der Waals surface area contributed by atoms with Crippen LogP contribution in [0, 0.1) is 0 Å². The minimum atomic E-state index is -0.986. The second-order valence-corrected chi connectivity index (χ2v) is 1.41. The van der Waals surface area contributed by atoms with Gasteiger partial charge >= 0.3 is 41.5 Å². The van der Waals surface area contributed by atoms with Crippen LogP contribution in [0.5, 0.6) is 0 Å². The molecule has 0 aromatic heterocycles. The van der Waals surface area contributed by atoms with E-state index in [-0.39, 0.29) is 36.9 Å². The van der Waals surface area contributed by atoms with E-state index in [4.69, 9.17) is 16.7 Å². The van der Waals surface area contributed by atoms with Crippen molar-refractivity contribution in [2.45, 2.75) is 0 Å². The van der Waals surface area contributed by atoms with Gasteiger partial charge in [-0.15, -0.1) is 11.6 Å². The minimum absolute atomic E-state index is 0. The van der Waals surface area contributed by atoms with Crippen LogP contribution in [-0.2, 0) is 14.3 Å². The van der Waals surface area contributed by atoms with E-state index in [1.807, 2.05) is 0 Å². The number of alkyl halides is 1. The Balaban J connectivity index is -0.000000320. The molecule has 0 fully saturated rings. The van der Waals surface area contributed by atoms with E-state index in [0.29, 0.717) is 0 Å². The van der Waals surface area contributed by atoms with Crippen molar-refractivity contribution in [3.63, 3.8) is 0 Å². The van der Waals surface area contributed by atoms with Crippen molar-refractivity contribution >= 4 is 23.5 Å². The Bertz CT molecular complexity index is 117. The number of aliphatic hydroxyl groups is 1. The molecule has 0 unspecified atom stereocenters. The van der Waals surface area contributed by atoms with Crippen molar-refractivity contribution in [3.8, 4) is 0 Å². The van der Waals surface area contributed by atoms with Gasteiger partial charge in [0.2, 0.25) is 0 Å². The molecule has 0 saturated carbocycles. The van der Waals surface area contributed by atoms with E-state index in [9.17, 15) is 9.59 Å². The number of halogens is 1. The molecule has 0 atom stereocenters. The summed E-state index contributed by atoms with van der Waals surface area (Å²) in [5.41, 5.74) is 0. The van der Waals surface area contributed by atoms with Crippen molar-refractivity contribution in [2.75, 3.05) is 12.5 Å². The zero-order valence-corrected chi connectivity index (χ0v) is 8.22. The van der Waals surface area contributed by atoms with Crippen LogP contribution in [0.1, 0.15) is 1.43 Å². The largest absolute Gasteiger partial charge is 1.00 e. The predicted molar refractivity (Wildman–Crippen MR) is 30.0 cm³/mol. The van der Waals surface area contributed by atoms with E-state index in [0.717, 1.165) is 0 Å². The quantitative estimate of drug-likeness (QED) is 0.204. The Labute approximate surface area is 86.3 Å². The van der Waals surface area contributed by atoms with Gasteiger partial charge in [-0.25, -0.2) is 4.79 Å². The molecular formula is C4H6ClNaO4. The van der Waals surface area contributed by atoms with E-state index >= 15 is 0 Å². The SMILES string of the molecule is O=C(CO)OC(=O)CCl.[H-].[Na+]. The van der Waals surface area contributed by atoms with Crippen molar-refractivity contribution in [1.29, 1.82) is 0 Å². The zero-order valence-electron chi connectivity index (χ0n) is 6.46. The Kier molecular flexibility index (Phi) is 9.76. The maximum atomic E-state index is 10.1. The maximum Gasteiger partial charge on any atom is 1.00 e. The van der Waals surface area contributed by atoms with Crippen LogP contribution in [0.2, 0.25) is 0 Å². The van der Waals surface area contributed by atoms with Crippen LogP contribution in [0.25, 0.3) is 0 Å². The Morgan fingerprint density at radius 1 is 1.50 bits per heavy atom. The molecule has 0 aliphatic heterocycles. The Morgan fingerprint density at radius 3 is 2.30 bits per heavy atom. The third-order valence-electron chi connectivity index (χ3n) is 0.466. The summed E-state index contributed by atoms with van der Waals surface area (Å²) in [6, 6.07) is 0. The monoisotopic (exact) mass is 176 g/mol. The molecule has 0 aromatic carbocycles. The van der Waals surface area contributed by atoms with Gasteiger partial charge in [0.15, 0.2) is 0 Å². The summed E-state index contributed by atoms with van der Waals surface area (Å²) in [4.78, 5) is 20.1. The number of carbonyl (C=O) groups excluding carboxylic acids is 2. The summed E-state index contributed by atoms with van der Waals surface area (Å²) in [6.45, 7) is -0.803. The molecule has 0 radical (unpaired) electrons. The number of ether oxygens (including phenoxy) is 1. The van der Waals surface area contributed by atoms with Gasteiger partial charge < -0.3 is 11.3 Å². The van der Waals surface area contributed by atoms with E-state index in [2.05, 4.69) is 4.74 Å². The van der Waals surface area contributed by atoms with Gasteiger partial charge in [-0.1, -0.05) is 0 Å². The number of hydrogen-bond donors (Lipinski definition) is 1. The molecule has 4 nitrogen and oxygen atoms in total. The average molecular weight is 177 g/mol. The van der Waals surface area contributed by atoms with Gasteiger partial charge in [0, 0.05) is 0 Å². The van der Waals surface area contributed by atoms with Gasteiger partial charge in [-0.05, 0) is 0 Å². The Hall–Kier alpha value is 0.390. The predicted octanol–water partition coefficient (Wildman–Crippen LogP) is -3.60. The second-order valence-electron chi connectivity index (χ2n) is 1.14. The standard InChI is InChI=1S/C4H5ClO4.Na.H/c5-1-3(7)9-4(8)2-6;;/h6H,1-2H2;;/q;+1;-1. The third kappa shape index (κ3) is 6.51. The number of carbonyl (C=O) groups is 2. The summed E-state index contributed by atoms with van der Waals surface area (Å²) in [7, 11) is 0. The normalized spacial score (nSPS) is 7.80. The maximum absolute atomic E-state index is 10.1. The summed E-state index contributed by atoms with van der Waals surface area (Å²) in [6.07, 6.45) is 0. The van der Waals surface area contributed by atoms with Gasteiger partial charge in [0.25, 0.3) is 0 Å². The van der Waals surface area contributed by atoms with Crippen LogP contribution in [0.3, 0.4) is 0 Å². The van der Waals surface area contributed by atoms with E-state index < -0.39 is 18.5 Å². The first-order valence-electron chi connectivity index (χ1n) is 2.11. The first-order chi connectivity index (χ1) is 4.20. The van der Waals surface area contributed by atoms with Crippen LogP contribution in [0.15, 0.2) is 0 Å². The van der Waals surface area contributed by atoms with Crippen molar-refractivity contribution in [1.82, 2.24) is 0 Å². The zero-order chi connectivity index (χ0) is 7.28. The van der Waals surface area contributed by atoms with Crippen molar-refractivity contribution in [3.05, 3.63) is 0 Å². The van der Waals surface area contributed by atoms with Crippen molar-refractivity contribution in [2.24, 2.45) is 0 Å². The fourth-order valence-electron chi connectivity index (χ4n) is 0.187. The fourth-order valence-corrected chi connectivity index (χ4v) is 0.241. The number of aliphatic hydroxyl groups excluding tert-OH is 1. The fraction of sp³-hybridized carbons (Fsp3) is 0.500. The minimum Gasteiger partial charge on any atom is -1.00 e. The van der Waals surface area contributed by atoms with Crippen LogP contribution in [-0.4, -0.2) is 29.5 Å². The van der Waals surface area contributed by atoms with Gasteiger partial charge in [-0.2, -0.15) is 0 Å². The first-order valence-corrected chi connectivity index (χ1v) is 2.64. The molecule has 6 heteroatoms. The molecule has 0 aliphatic carbocycles. The molecule has 0 heterocycles. The number of esters is 2. The third-order valence-corrected chi connectivity index (χ3v) is 0.684. The molecule has 0 amide bonds. The first kappa shape index (κ1) is 13.0. The summed E-state index contributed by atoms with van der Waals surface area (Å²) >= 11 is 4.94. The summed E-state index contributed by atoms with van der Waals surface area (Å²) in [5, 5.41) is 8.01. The second kappa shape index (κ2) is 7.50. The average Bonchev–Trinajstić information content (AvgIpc) is 1.87. The molecule has 0 saturated heterocycles. The molecule has 0 aromatic rings. The summed E-state index contributed by atoms with van der Waals surface area (Å²) in [5.74, 6) is -2.22. The molecular weight excluding hydrogens is 170 g/mol. The van der Waals surface area contributed by atoms with Gasteiger partial charge in [-0.3, -0.25) is 4.79 Å². The van der Waals surface area contributed by atoms with Gasteiger partial charge in [0.05, 0.1) is 0 Å². The molecule has 0 spiro atoms. The van der Waals surface area contributed by atoms with Crippen LogP contribution >= 0.6 is 11.6 Å². The van der Waals surface area contributed by atoms with Crippen molar-refractivity contribution < 1.29 is 50.4 Å². The molecule has 0 bridgehead atoms. The number of hydrogen-bond acceptors (Lipinski definition) is 4. The van der Waals surface area contributed by atoms with E-state index in [1.165, 1.54) is 0 Å². The van der Waals surface area contributed by atoms with Crippen LogP contribution in [0.4, 0.5) is 0 Å².